The summed E-state index contributed by atoms with van der Waals surface area (Å²) in [6.45, 7) is 0. The van der Waals surface area contributed by atoms with Crippen molar-refractivity contribution >= 4 is 22.7 Å². The number of fused-ring (bicyclic) bond motifs is 1. The molecule has 0 saturated heterocycles. The van der Waals surface area contributed by atoms with Gasteiger partial charge in [-0.05, 0) is 43.9 Å². The average molecular weight is 392 g/mol. The maximum absolute atomic E-state index is 11.8. The summed E-state index contributed by atoms with van der Waals surface area (Å²) in [5, 5.41) is 25.3. The van der Waals surface area contributed by atoms with E-state index in [9.17, 15) is 15.0 Å². The van der Waals surface area contributed by atoms with Gasteiger partial charge in [0, 0.05) is 19.0 Å². The number of benzene rings is 1. The van der Waals surface area contributed by atoms with E-state index in [2.05, 4.69) is 9.88 Å². The highest BCUT2D eigenvalue weighted by molar-refractivity contribution is 5.98. The Morgan fingerprint density at radius 3 is 2.52 bits per heavy atom. The first kappa shape index (κ1) is 18.1. The summed E-state index contributed by atoms with van der Waals surface area (Å²) in [6.07, 6.45) is 4.46. The fraction of sp³-hybridized carbons (Fsp3) is 0.409. The molecule has 1 aromatic carbocycles. The maximum atomic E-state index is 11.8. The van der Waals surface area contributed by atoms with Gasteiger partial charge in [0.25, 0.3) is 0 Å². The number of nitrogens with zero attached hydrogens (tertiary/aromatic N) is 4. The molecular weight excluding hydrogens is 368 g/mol. The second kappa shape index (κ2) is 6.84. The van der Waals surface area contributed by atoms with E-state index in [1.165, 1.54) is 6.42 Å². The van der Waals surface area contributed by atoms with Crippen LogP contribution in [0.5, 0.6) is 0 Å². The molecule has 0 atom stereocenters. The fourth-order valence-electron chi connectivity index (χ4n) is 4.30. The summed E-state index contributed by atoms with van der Waals surface area (Å²) in [5.41, 5.74) is 3.30. The molecule has 29 heavy (non-hydrogen) atoms. The molecule has 0 radical (unpaired) electrons. The van der Waals surface area contributed by atoms with E-state index in [1.54, 1.807) is 10.7 Å². The zero-order valence-electron chi connectivity index (χ0n) is 16.3. The van der Waals surface area contributed by atoms with E-state index in [0.29, 0.717) is 24.4 Å². The van der Waals surface area contributed by atoms with Gasteiger partial charge in [0.05, 0.1) is 28.6 Å². The topological polar surface area (TPSA) is 91.5 Å². The minimum absolute atomic E-state index is 0.0106. The SMILES string of the molecule is CN(c1cc(C(=O)O)nc2c1c(C1CCC1)nn2-c1ccccc1)C1CC(O)C1. The van der Waals surface area contributed by atoms with Crippen LogP contribution in [0, 0.1) is 0 Å². The highest BCUT2D eigenvalue weighted by Gasteiger charge is 2.34. The molecular formula is C22H24N4O3. The Hall–Kier alpha value is -2.93. The van der Waals surface area contributed by atoms with Crippen LogP contribution in [-0.4, -0.2) is 50.1 Å². The highest BCUT2D eigenvalue weighted by atomic mass is 16.4. The second-order valence-corrected chi connectivity index (χ2v) is 8.18. The zero-order valence-corrected chi connectivity index (χ0v) is 16.3. The molecule has 2 fully saturated rings. The Bertz CT molecular complexity index is 1070. The van der Waals surface area contributed by atoms with Crippen LogP contribution in [0.1, 0.15) is 54.2 Å². The standard InChI is InChI=1S/C22H24N4O3/c1-25(15-10-16(27)11-15)18-12-17(22(28)29)23-21-19(18)20(13-6-5-7-13)24-26(21)14-8-3-2-4-9-14/h2-4,8-9,12-13,15-16,27H,5-7,10-11H2,1H3,(H,28,29). The monoisotopic (exact) mass is 392 g/mol. The lowest BCUT2D eigenvalue weighted by molar-refractivity contribution is 0.0688. The number of anilines is 1. The average Bonchev–Trinajstić information content (AvgIpc) is 3.03. The number of aliphatic hydroxyl groups is 1. The molecule has 2 aliphatic rings. The molecule has 0 bridgehead atoms. The molecule has 2 N–H and O–H groups in total. The quantitative estimate of drug-likeness (QED) is 0.692. The lowest BCUT2D eigenvalue weighted by atomic mass is 9.81. The summed E-state index contributed by atoms with van der Waals surface area (Å²) < 4.78 is 1.78. The largest absolute Gasteiger partial charge is 0.477 e. The van der Waals surface area contributed by atoms with Gasteiger partial charge >= 0.3 is 5.97 Å². The number of aliphatic hydroxyl groups excluding tert-OH is 1. The van der Waals surface area contributed by atoms with E-state index in [4.69, 9.17) is 5.10 Å². The third-order valence-electron chi connectivity index (χ3n) is 6.37. The number of carboxylic acid groups (broad SMARTS) is 1. The first-order valence-corrected chi connectivity index (χ1v) is 10.2. The Morgan fingerprint density at radius 2 is 1.93 bits per heavy atom. The van der Waals surface area contributed by atoms with E-state index in [0.717, 1.165) is 35.3 Å². The Morgan fingerprint density at radius 1 is 1.21 bits per heavy atom. The van der Waals surface area contributed by atoms with Crippen LogP contribution in [0.2, 0.25) is 0 Å². The first-order chi connectivity index (χ1) is 14.0. The molecule has 0 aliphatic heterocycles. The lowest BCUT2D eigenvalue weighted by Gasteiger charge is -2.40. The van der Waals surface area contributed by atoms with Crippen molar-refractivity contribution in [1.82, 2.24) is 14.8 Å². The van der Waals surface area contributed by atoms with Crippen molar-refractivity contribution in [3.63, 3.8) is 0 Å². The van der Waals surface area contributed by atoms with Gasteiger partial charge in [-0.2, -0.15) is 5.10 Å². The maximum Gasteiger partial charge on any atom is 0.354 e. The van der Waals surface area contributed by atoms with Crippen molar-refractivity contribution < 1.29 is 15.0 Å². The van der Waals surface area contributed by atoms with Gasteiger partial charge in [-0.15, -0.1) is 0 Å². The number of carbonyl (C=O) groups is 1. The summed E-state index contributed by atoms with van der Waals surface area (Å²) in [4.78, 5) is 18.4. The van der Waals surface area contributed by atoms with Gasteiger partial charge in [-0.1, -0.05) is 24.6 Å². The molecule has 7 nitrogen and oxygen atoms in total. The molecule has 5 rings (SSSR count). The number of pyridine rings is 1. The number of hydrogen-bond donors (Lipinski definition) is 2. The van der Waals surface area contributed by atoms with E-state index >= 15 is 0 Å². The molecule has 3 aromatic rings. The normalized spacial score (nSPS) is 21.6. The number of aromatic carboxylic acids is 1. The molecule has 2 saturated carbocycles. The van der Waals surface area contributed by atoms with Crippen LogP contribution in [0.15, 0.2) is 36.4 Å². The van der Waals surface area contributed by atoms with Crippen molar-refractivity contribution in [2.24, 2.45) is 0 Å². The third kappa shape index (κ3) is 2.97. The van der Waals surface area contributed by atoms with E-state index in [-0.39, 0.29) is 17.8 Å². The fourth-order valence-corrected chi connectivity index (χ4v) is 4.30. The smallest absolute Gasteiger partial charge is 0.354 e. The van der Waals surface area contributed by atoms with Crippen molar-refractivity contribution in [2.45, 2.75) is 50.2 Å². The van der Waals surface area contributed by atoms with Gasteiger partial charge < -0.3 is 15.1 Å². The van der Waals surface area contributed by atoms with E-state index in [1.807, 2.05) is 37.4 Å². The number of aromatic nitrogens is 3. The molecule has 7 heteroatoms. The molecule has 0 amide bonds. The third-order valence-corrected chi connectivity index (χ3v) is 6.37. The van der Waals surface area contributed by atoms with Gasteiger partial charge in [0.1, 0.15) is 0 Å². The highest BCUT2D eigenvalue weighted by Crippen LogP contribution is 2.43. The van der Waals surface area contributed by atoms with Crippen molar-refractivity contribution in [2.75, 3.05) is 11.9 Å². The van der Waals surface area contributed by atoms with Crippen LogP contribution in [0.25, 0.3) is 16.7 Å². The minimum atomic E-state index is -1.05. The van der Waals surface area contributed by atoms with Crippen molar-refractivity contribution in [3.8, 4) is 5.69 Å². The molecule has 0 unspecified atom stereocenters. The number of hydrogen-bond acceptors (Lipinski definition) is 5. The van der Waals surface area contributed by atoms with Crippen LogP contribution < -0.4 is 4.90 Å². The Labute approximate surface area is 168 Å². The second-order valence-electron chi connectivity index (χ2n) is 8.18. The first-order valence-electron chi connectivity index (χ1n) is 10.2. The molecule has 2 aliphatic carbocycles. The van der Waals surface area contributed by atoms with Crippen molar-refractivity contribution in [1.29, 1.82) is 0 Å². The number of carboxylic acids is 1. The predicted octanol–water partition coefficient (Wildman–Crippen LogP) is 3.35. The Balaban J connectivity index is 1.76. The number of rotatable bonds is 5. The van der Waals surface area contributed by atoms with Gasteiger partial charge in [-0.25, -0.2) is 14.5 Å². The van der Waals surface area contributed by atoms with Crippen LogP contribution in [-0.2, 0) is 0 Å². The summed E-state index contributed by atoms with van der Waals surface area (Å²) in [6, 6.07) is 11.6. The molecule has 0 spiro atoms. The minimum Gasteiger partial charge on any atom is -0.477 e. The van der Waals surface area contributed by atoms with Gasteiger partial charge in [0.2, 0.25) is 0 Å². The predicted molar refractivity (Wildman–Crippen MR) is 110 cm³/mol. The summed E-state index contributed by atoms with van der Waals surface area (Å²) >= 11 is 0. The van der Waals surface area contributed by atoms with Gasteiger partial charge in [-0.3, -0.25) is 0 Å². The lowest BCUT2D eigenvalue weighted by Crippen LogP contribution is -2.45. The van der Waals surface area contributed by atoms with Crippen LogP contribution in [0.4, 0.5) is 5.69 Å². The molecule has 2 heterocycles. The molecule has 2 aromatic heterocycles. The zero-order chi connectivity index (χ0) is 20.1. The van der Waals surface area contributed by atoms with Gasteiger partial charge in [0.15, 0.2) is 11.3 Å². The van der Waals surface area contributed by atoms with Crippen molar-refractivity contribution in [3.05, 3.63) is 47.8 Å². The summed E-state index contributed by atoms with van der Waals surface area (Å²) in [5.74, 6) is -0.680. The molecule has 150 valence electrons. The van der Waals surface area contributed by atoms with Crippen LogP contribution in [0.3, 0.4) is 0 Å². The summed E-state index contributed by atoms with van der Waals surface area (Å²) in [7, 11) is 1.97. The Kier molecular flexibility index (Phi) is 4.28. The van der Waals surface area contributed by atoms with E-state index < -0.39 is 5.97 Å². The van der Waals surface area contributed by atoms with Crippen LogP contribution >= 0.6 is 0 Å². The number of para-hydroxylation sites is 1.